The van der Waals surface area contributed by atoms with Crippen LogP contribution in [0.2, 0.25) is 0 Å². The summed E-state index contributed by atoms with van der Waals surface area (Å²) in [6.45, 7) is 0.214. The largest absolute Gasteiger partial charge is 0.465 e. The van der Waals surface area contributed by atoms with Crippen LogP contribution in [0, 0.1) is 0 Å². The molecule has 0 spiro atoms. The average Bonchev–Trinajstić information content (AvgIpc) is 2.58. The highest BCUT2D eigenvalue weighted by Gasteiger charge is 2.33. The fourth-order valence-electron chi connectivity index (χ4n) is 1.75. The lowest BCUT2D eigenvalue weighted by Crippen LogP contribution is -2.26. The van der Waals surface area contributed by atoms with E-state index in [2.05, 4.69) is 0 Å². The van der Waals surface area contributed by atoms with Crippen LogP contribution in [0.1, 0.15) is 11.1 Å². The van der Waals surface area contributed by atoms with Crippen molar-refractivity contribution in [3.63, 3.8) is 0 Å². The Morgan fingerprint density at radius 1 is 1.38 bits per heavy atom. The van der Waals surface area contributed by atoms with Crippen LogP contribution in [0.25, 0.3) is 0 Å². The fraction of sp³-hybridized carbons (Fsp3) is 0.300. The van der Waals surface area contributed by atoms with Gasteiger partial charge in [0.1, 0.15) is 0 Å². The number of rotatable bonds is 0. The van der Waals surface area contributed by atoms with Gasteiger partial charge < -0.3 is 5.11 Å². The van der Waals surface area contributed by atoms with Crippen molar-refractivity contribution >= 4 is 11.8 Å². The third kappa shape index (κ3) is 1.70. The summed E-state index contributed by atoms with van der Waals surface area (Å²) in [5.41, 5.74) is -0.0443. The molecule has 0 saturated carbocycles. The minimum absolute atomic E-state index is 0.141. The van der Waals surface area contributed by atoms with Gasteiger partial charge in [-0.1, -0.05) is 6.07 Å². The Morgan fingerprint density at radius 2 is 2.06 bits per heavy atom. The first-order valence-electron chi connectivity index (χ1n) is 4.60. The predicted octanol–water partition coefficient (Wildman–Crippen LogP) is 2.75. The summed E-state index contributed by atoms with van der Waals surface area (Å²) >= 11 is 0. The second-order valence-electron chi connectivity index (χ2n) is 3.53. The van der Waals surface area contributed by atoms with Gasteiger partial charge in [0.15, 0.2) is 0 Å². The zero-order chi connectivity index (χ0) is 11.9. The molecule has 2 rings (SSSR count). The van der Waals surface area contributed by atoms with E-state index in [1.54, 1.807) is 0 Å². The average molecular weight is 231 g/mol. The van der Waals surface area contributed by atoms with E-state index in [1.807, 2.05) is 0 Å². The number of hydrogen-bond donors (Lipinski definition) is 1. The molecule has 0 aliphatic carbocycles. The first kappa shape index (κ1) is 10.8. The first-order valence-corrected chi connectivity index (χ1v) is 4.60. The van der Waals surface area contributed by atoms with Crippen molar-refractivity contribution in [3.8, 4) is 0 Å². The Balaban J connectivity index is 2.45. The fourth-order valence-corrected chi connectivity index (χ4v) is 1.75. The van der Waals surface area contributed by atoms with Crippen LogP contribution in [0.4, 0.5) is 23.7 Å². The maximum atomic E-state index is 12.4. The molecule has 86 valence electrons. The van der Waals surface area contributed by atoms with Gasteiger partial charge in [0.25, 0.3) is 0 Å². The second-order valence-corrected chi connectivity index (χ2v) is 3.53. The molecule has 16 heavy (non-hydrogen) atoms. The Hall–Kier alpha value is -1.72. The number of amides is 1. The molecule has 1 N–H and O–H groups in total. The molecule has 0 radical (unpaired) electrons. The van der Waals surface area contributed by atoms with E-state index >= 15 is 0 Å². The number of alkyl halides is 3. The maximum Gasteiger partial charge on any atom is 0.416 e. The van der Waals surface area contributed by atoms with Gasteiger partial charge >= 0.3 is 12.3 Å². The maximum absolute atomic E-state index is 12.4. The molecule has 1 aliphatic heterocycles. The quantitative estimate of drug-likeness (QED) is 0.745. The highest BCUT2D eigenvalue weighted by atomic mass is 19.4. The normalized spacial score (nSPS) is 15.1. The van der Waals surface area contributed by atoms with Crippen LogP contribution >= 0.6 is 0 Å². The molecule has 6 heteroatoms. The van der Waals surface area contributed by atoms with E-state index in [0.717, 1.165) is 17.0 Å². The van der Waals surface area contributed by atoms with E-state index < -0.39 is 17.8 Å². The lowest BCUT2D eigenvalue weighted by atomic mass is 10.1. The number of nitrogens with zero attached hydrogens (tertiary/aromatic N) is 1. The van der Waals surface area contributed by atoms with Crippen LogP contribution in [-0.2, 0) is 12.6 Å². The molecule has 0 fully saturated rings. The summed E-state index contributed by atoms with van der Waals surface area (Å²) in [5.74, 6) is 0. The van der Waals surface area contributed by atoms with Gasteiger partial charge in [-0.05, 0) is 24.1 Å². The van der Waals surface area contributed by atoms with Crippen LogP contribution in [-0.4, -0.2) is 17.7 Å². The smallest absolute Gasteiger partial charge is 0.416 e. The molecule has 1 aromatic rings. The molecule has 0 saturated heterocycles. The van der Waals surface area contributed by atoms with Gasteiger partial charge in [0, 0.05) is 6.54 Å². The number of carboxylic acid groups (broad SMARTS) is 1. The Morgan fingerprint density at radius 3 is 2.62 bits per heavy atom. The molecule has 0 atom stereocenters. The van der Waals surface area contributed by atoms with E-state index in [0.29, 0.717) is 12.0 Å². The molecule has 1 heterocycles. The molecule has 1 amide bonds. The third-order valence-electron chi connectivity index (χ3n) is 2.54. The van der Waals surface area contributed by atoms with Crippen LogP contribution in [0.5, 0.6) is 0 Å². The Labute approximate surface area is 89.1 Å². The minimum atomic E-state index is -4.44. The molecule has 0 aromatic heterocycles. The number of fused-ring (bicyclic) bond motifs is 1. The van der Waals surface area contributed by atoms with E-state index in [4.69, 9.17) is 5.11 Å². The van der Waals surface area contributed by atoms with Gasteiger partial charge in [-0.15, -0.1) is 0 Å². The van der Waals surface area contributed by atoms with Gasteiger partial charge in [-0.3, -0.25) is 4.90 Å². The van der Waals surface area contributed by atoms with Crippen LogP contribution < -0.4 is 4.90 Å². The lowest BCUT2D eigenvalue weighted by Gasteiger charge is -2.14. The summed E-state index contributed by atoms with van der Waals surface area (Å²) in [5, 5.41) is 8.80. The van der Waals surface area contributed by atoms with Gasteiger partial charge in [0.05, 0.1) is 11.3 Å². The first-order chi connectivity index (χ1) is 7.39. The molecule has 0 unspecified atom stereocenters. The van der Waals surface area contributed by atoms with E-state index in [-0.39, 0.29) is 12.2 Å². The third-order valence-corrected chi connectivity index (χ3v) is 2.54. The van der Waals surface area contributed by atoms with E-state index in [1.165, 1.54) is 6.07 Å². The van der Waals surface area contributed by atoms with Crippen molar-refractivity contribution in [2.24, 2.45) is 0 Å². The molecular weight excluding hydrogens is 223 g/mol. The molecule has 0 bridgehead atoms. The van der Waals surface area contributed by atoms with Crippen molar-refractivity contribution in [3.05, 3.63) is 29.3 Å². The molecular formula is C10H8F3NO2. The van der Waals surface area contributed by atoms with Crippen molar-refractivity contribution < 1.29 is 23.1 Å². The minimum Gasteiger partial charge on any atom is -0.465 e. The highest BCUT2D eigenvalue weighted by molar-refractivity contribution is 5.89. The van der Waals surface area contributed by atoms with Gasteiger partial charge in [-0.25, -0.2) is 4.79 Å². The second kappa shape index (κ2) is 3.40. The SMILES string of the molecule is O=C(O)N1CCc2ccc(C(F)(F)F)cc21. The van der Waals surface area contributed by atoms with Crippen molar-refractivity contribution in [2.75, 3.05) is 11.4 Å². The summed E-state index contributed by atoms with van der Waals surface area (Å²) in [7, 11) is 0. The van der Waals surface area contributed by atoms with Crippen molar-refractivity contribution in [2.45, 2.75) is 12.6 Å². The number of benzene rings is 1. The van der Waals surface area contributed by atoms with Crippen LogP contribution in [0.3, 0.4) is 0 Å². The Kier molecular flexibility index (Phi) is 2.29. The highest BCUT2D eigenvalue weighted by Crippen LogP contribution is 2.36. The molecule has 1 aromatic carbocycles. The summed E-state index contributed by atoms with van der Waals surface area (Å²) in [6, 6.07) is 3.20. The zero-order valence-electron chi connectivity index (χ0n) is 8.08. The number of hydrogen-bond acceptors (Lipinski definition) is 1. The van der Waals surface area contributed by atoms with Crippen LogP contribution in [0.15, 0.2) is 18.2 Å². The van der Waals surface area contributed by atoms with Gasteiger partial charge in [0.2, 0.25) is 0 Å². The Bertz CT molecular complexity index is 442. The van der Waals surface area contributed by atoms with Crippen molar-refractivity contribution in [1.29, 1.82) is 0 Å². The standard InChI is InChI=1S/C10H8F3NO2/c11-10(12,13)7-2-1-6-3-4-14(9(15)16)8(6)5-7/h1-2,5H,3-4H2,(H,15,16). The lowest BCUT2D eigenvalue weighted by molar-refractivity contribution is -0.137. The summed E-state index contributed by atoms with van der Waals surface area (Å²) in [6.07, 6.45) is -5.21. The number of halogens is 3. The van der Waals surface area contributed by atoms with Gasteiger partial charge in [-0.2, -0.15) is 13.2 Å². The predicted molar refractivity (Wildman–Crippen MR) is 50.5 cm³/mol. The topological polar surface area (TPSA) is 40.5 Å². The van der Waals surface area contributed by atoms with E-state index in [9.17, 15) is 18.0 Å². The summed E-state index contributed by atoms with van der Waals surface area (Å²) < 4.78 is 37.3. The van der Waals surface area contributed by atoms with Crippen molar-refractivity contribution in [1.82, 2.24) is 0 Å². The summed E-state index contributed by atoms with van der Waals surface area (Å²) in [4.78, 5) is 11.7. The monoisotopic (exact) mass is 231 g/mol. The zero-order valence-corrected chi connectivity index (χ0v) is 8.08. The molecule has 3 nitrogen and oxygen atoms in total. The number of carbonyl (C=O) groups is 1. The molecule has 1 aliphatic rings. The number of anilines is 1.